The third kappa shape index (κ3) is 2.08. The van der Waals surface area contributed by atoms with E-state index < -0.39 is 0 Å². The summed E-state index contributed by atoms with van der Waals surface area (Å²) in [6, 6.07) is 5.35. The molecule has 4 nitrogen and oxygen atoms in total. The van der Waals surface area contributed by atoms with Crippen LogP contribution >= 0.6 is 23.8 Å². The number of hydrogen-bond donors (Lipinski definition) is 1. The summed E-state index contributed by atoms with van der Waals surface area (Å²) < 4.78 is 2.39. The Morgan fingerprint density at radius 3 is 2.80 bits per heavy atom. The first kappa shape index (κ1) is 10.3. The fourth-order valence-corrected chi connectivity index (χ4v) is 1.61. The van der Waals surface area contributed by atoms with E-state index in [-0.39, 0.29) is 0 Å². The Balaban J connectivity index is 2.49. The summed E-state index contributed by atoms with van der Waals surface area (Å²) in [5.74, 6) is 0.643. The van der Waals surface area contributed by atoms with Crippen LogP contribution < -0.4 is 0 Å². The quantitative estimate of drug-likeness (QED) is 0.821. The highest BCUT2D eigenvalue weighted by Crippen LogP contribution is 2.08. The molecule has 0 saturated heterocycles. The van der Waals surface area contributed by atoms with Gasteiger partial charge in [-0.05, 0) is 24.6 Å². The average Bonchev–Trinajstić information content (AvgIpc) is 2.61. The third-order valence-corrected chi connectivity index (χ3v) is 2.50. The van der Waals surface area contributed by atoms with Gasteiger partial charge in [-0.25, -0.2) is 4.68 Å². The molecule has 0 amide bonds. The highest BCUT2D eigenvalue weighted by molar-refractivity contribution is 7.71. The Labute approximate surface area is 96.9 Å². The lowest BCUT2D eigenvalue weighted by molar-refractivity contribution is 0.785. The summed E-state index contributed by atoms with van der Waals surface area (Å²) in [6.07, 6.45) is 0.900. The molecular formula is C9H9ClN4S. The first-order valence-electron chi connectivity index (χ1n) is 4.51. The van der Waals surface area contributed by atoms with E-state index in [0.29, 0.717) is 15.6 Å². The lowest BCUT2D eigenvalue weighted by Gasteiger charge is -2.00. The van der Waals surface area contributed by atoms with Crippen molar-refractivity contribution in [1.82, 2.24) is 20.0 Å². The summed E-state index contributed by atoms with van der Waals surface area (Å²) in [6.45, 7) is 2.05. The van der Waals surface area contributed by atoms with Crippen molar-refractivity contribution >= 4 is 23.8 Å². The molecule has 2 aromatic rings. The van der Waals surface area contributed by atoms with Gasteiger partial charge in [0.05, 0.1) is 0 Å². The van der Waals surface area contributed by atoms with E-state index in [4.69, 9.17) is 23.8 Å². The molecule has 0 atom stereocenters. The number of nitrogens with zero attached hydrogens (tertiary/aromatic N) is 3. The minimum atomic E-state index is 0.368. The Kier molecular flexibility index (Phi) is 2.83. The molecule has 2 aromatic heterocycles. The summed E-state index contributed by atoms with van der Waals surface area (Å²) in [5, 5.41) is 11.2. The maximum Gasteiger partial charge on any atom is 0.175 e. The van der Waals surface area contributed by atoms with Gasteiger partial charge < -0.3 is 0 Å². The molecule has 0 unspecified atom stereocenters. The minimum absolute atomic E-state index is 0.368. The maximum atomic E-state index is 5.65. The van der Waals surface area contributed by atoms with Crippen LogP contribution in [0.15, 0.2) is 18.2 Å². The molecule has 0 spiro atoms. The van der Waals surface area contributed by atoms with Crippen LogP contribution in [0.25, 0.3) is 5.82 Å². The Morgan fingerprint density at radius 2 is 2.27 bits per heavy atom. The van der Waals surface area contributed by atoms with Crippen molar-refractivity contribution in [3.05, 3.63) is 33.7 Å². The first-order valence-corrected chi connectivity index (χ1v) is 5.30. The zero-order valence-electron chi connectivity index (χ0n) is 8.07. The van der Waals surface area contributed by atoms with E-state index in [1.807, 2.05) is 6.07 Å². The van der Waals surface area contributed by atoms with Crippen molar-refractivity contribution in [2.75, 3.05) is 0 Å². The topological polar surface area (TPSA) is 46.5 Å². The maximum absolute atomic E-state index is 5.65. The van der Waals surface area contributed by atoms with Gasteiger partial charge in [-0.2, -0.15) is 0 Å². The molecule has 2 rings (SSSR count). The number of nitrogens with one attached hydrogen (secondary N) is 1. The van der Waals surface area contributed by atoms with Crippen molar-refractivity contribution in [2.24, 2.45) is 0 Å². The van der Waals surface area contributed by atoms with Crippen molar-refractivity contribution in [1.29, 1.82) is 0 Å². The number of aryl methyl sites for hydroxylation is 1. The number of hydrogen-bond acceptors (Lipinski definition) is 3. The summed E-state index contributed by atoms with van der Waals surface area (Å²) in [4.78, 5) is 0. The second kappa shape index (κ2) is 4.12. The molecule has 6 heteroatoms. The molecule has 0 aromatic carbocycles. The smallest absolute Gasteiger partial charge is 0.175 e. The molecule has 0 aliphatic rings. The molecule has 78 valence electrons. The van der Waals surface area contributed by atoms with Crippen LogP contribution in [-0.2, 0) is 6.42 Å². The Bertz CT molecular complexity index is 514. The van der Waals surface area contributed by atoms with Crippen LogP contribution in [0.5, 0.6) is 0 Å². The number of H-pyrrole nitrogens is 1. The van der Waals surface area contributed by atoms with Crippen LogP contribution in [0.4, 0.5) is 0 Å². The second-order valence-corrected chi connectivity index (χ2v) is 3.83. The van der Waals surface area contributed by atoms with Gasteiger partial charge in [0.1, 0.15) is 4.64 Å². The van der Waals surface area contributed by atoms with Gasteiger partial charge in [-0.3, -0.25) is 5.10 Å². The average molecular weight is 241 g/mol. The van der Waals surface area contributed by atoms with E-state index >= 15 is 0 Å². The number of rotatable bonds is 2. The predicted octanol–water partition coefficient (Wildman–Crippen LogP) is 2.54. The largest absolute Gasteiger partial charge is 0.296 e. The van der Waals surface area contributed by atoms with Gasteiger partial charge in [0.2, 0.25) is 0 Å². The molecule has 15 heavy (non-hydrogen) atoms. The van der Waals surface area contributed by atoms with Gasteiger partial charge in [0.15, 0.2) is 11.0 Å². The summed E-state index contributed by atoms with van der Waals surface area (Å²) in [7, 11) is 0. The Hall–Kier alpha value is -1.20. The molecule has 0 aliphatic carbocycles. The lowest BCUT2D eigenvalue weighted by Crippen LogP contribution is -2.01. The Morgan fingerprint density at radius 1 is 1.47 bits per heavy atom. The zero-order valence-corrected chi connectivity index (χ0v) is 9.64. The van der Waals surface area contributed by atoms with Gasteiger partial charge in [0.25, 0.3) is 0 Å². The van der Waals surface area contributed by atoms with E-state index in [2.05, 4.69) is 22.2 Å². The van der Waals surface area contributed by atoms with Crippen LogP contribution in [0, 0.1) is 4.64 Å². The highest BCUT2D eigenvalue weighted by Gasteiger charge is 2.02. The van der Waals surface area contributed by atoms with Crippen molar-refractivity contribution in [2.45, 2.75) is 13.3 Å². The lowest BCUT2D eigenvalue weighted by atomic mass is 10.4. The summed E-state index contributed by atoms with van der Waals surface area (Å²) >= 11 is 10.8. The summed E-state index contributed by atoms with van der Waals surface area (Å²) in [5.41, 5.74) is 1.07. The fraction of sp³-hybridized carbons (Fsp3) is 0.222. The molecule has 1 N–H and O–H groups in total. The number of halogens is 1. The van der Waals surface area contributed by atoms with E-state index in [0.717, 1.165) is 12.1 Å². The molecule has 2 heterocycles. The monoisotopic (exact) mass is 240 g/mol. The standard InChI is InChI=1S/C9H9ClN4S/c1-2-6-5-9(15)14(13-6)8-4-3-7(10)11-12-8/h3-5,13H,2H2,1H3. The second-order valence-electron chi connectivity index (χ2n) is 3.02. The molecule has 0 bridgehead atoms. The van der Waals surface area contributed by atoms with Gasteiger partial charge in [0, 0.05) is 5.69 Å². The van der Waals surface area contributed by atoms with Gasteiger partial charge in [-0.15, -0.1) is 10.2 Å². The van der Waals surface area contributed by atoms with E-state index in [1.165, 1.54) is 0 Å². The predicted molar refractivity (Wildman–Crippen MR) is 60.9 cm³/mol. The van der Waals surface area contributed by atoms with Crippen LogP contribution in [0.2, 0.25) is 5.15 Å². The van der Waals surface area contributed by atoms with Crippen LogP contribution in [0.3, 0.4) is 0 Å². The fourth-order valence-electron chi connectivity index (χ4n) is 1.22. The molecule has 0 saturated carbocycles. The normalized spacial score (nSPS) is 10.5. The third-order valence-electron chi connectivity index (χ3n) is 2.00. The first-order chi connectivity index (χ1) is 7.20. The number of aromatic nitrogens is 4. The zero-order chi connectivity index (χ0) is 10.8. The highest BCUT2D eigenvalue weighted by atomic mass is 35.5. The molecule has 0 fully saturated rings. The van der Waals surface area contributed by atoms with Crippen molar-refractivity contribution < 1.29 is 0 Å². The molecule has 0 radical (unpaired) electrons. The van der Waals surface area contributed by atoms with Gasteiger partial charge in [-0.1, -0.05) is 30.7 Å². The number of aromatic amines is 1. The van der Waals surface area contributed by atoms with E-state index in [9.17, 15) is 0 Å². The minimum Gasteiger partial charge on any atom is -0.296 e. The van der Waals surface area contributed by atoms with E-state index in [1.54, 1.807) is 16.8 Å². The molecule has 0 aliphatic heterocycles. The van der Waals surface area contributed by atoms with Crippen molar-refractivity contribution in [3.8, 4) is 5.82 Å². The SMILES string of the molecule is CCc1cc(=S)n(-c2ccc(Cl)nn2)[nH]1. The van der Waals surface area contributed by atoms with Gasteiger partial charge >= 0.3 is 0 Å². The van der Waals surface area contributed by atoms with Crippen LogP contribution in [0.1, 0.15) is 12.6 Å². The van der Waals surface area contributed by atoms with Crippen molar-refractivity contribution in [3.63, 3.8) is 0 Å². The van der Waals surface area contributed by atoms with Crippen LogP contribution in [-0.4, -0.2) is 20.0 Å². The molecular weight excluding hydrogens is 232 g/mol.